The fourth-order valence-electron chi connectivity index (χ4n) is 8.91. The highest BCUT2D eigenvalue weighted by atomic mass is 32.1. The summed E-state index contributed by atoms with van der Waals surface area (Å²) in [7, 11) is 0. The van der Waals surface area contributed by atoms with Crippen molar-refractivity contribution in [1.82, 2.24) is 4.57 Å². The highest BCUT2D eigenvalue weighted by molar-refractivity contribution is 7.26. The molecule has 0 saturated heterocycles. The second-order valence-corrected chi connectivity index (χ2v) is 17.1. The molecule has 9 aromatic carbocycles. The monoisotopic (exact) mass is 774 g/mol. The van der Waals surface area contributed by atoms with Crippen molar-refractivity contribution in [3.63, 3.8) is 0 Å². The molecule has 0 amide bonds. The Hall–Kier alpha value is -6.98. The van der Waals surface area contributed by atoms with Gasteiger partial charge in [-0.1, -0.05) is 127 Å². The van der Waals surface area contributed by atoms with E-state index in [1.54, 1.807) is 0 Å². The average molecular weight is 775 g/mol. The summed E-state index contributed by atoms with van der Waals surface area (Å²) in [6.45, 7) is 0. The molecule has 3 heterocycles. The van der Waals surface area contributed by atoms with Gasteiger partial charge >= 0.3 is 0 Å². The third-order valence-corrected chi connectivity index (χ3v) is 13.9. The van der Waals surface area contributed by atoms with Crippen LogP contribution in [0.2, 0.25) is 0 Å². The summed E-state index contributed by atoms with van der Waals surface area (Å²) in [6.07, 6.45) is 0. The fourth-order valence-corrected chi connectivity index (χ4v) is 11.2. The van der Waals surface area contributed by atoms with Gasteiger partial charge in [-0.25, -0.2) is 0 Å². The Bertz CT molecular complexity index is 3500. The van der Waals surface area contributed by atoms with Crippen LogP contribution in [0.15, 0.2) is 206 Å². The molecule has 58 heavy (non-hydrogen) atoms. The molecule has 4 heteroatoms. The van der Waals surface area contributed by atoms with Crippen molar-refractivity contribution in [1.29, 1.82) is 0 Å². The van der Waals surface area contributed by atoms with E-state index in [1.165, 1.54) is 84.4 Å². The van der Waals surface area contributed by atoms with E-state index in [-0.39, 0.29) is 0 Å². The number of hydrogen-bond acceptors (Lipinski definition) is 3. The van der Waals surface area contributed by atoms with Crippen LogP contribution in [0.25, 0.3) is 90.1 Å². The Kier molecular flexibility index (Phi) is 7.62. The summed E-state index contributed by atoms with van der Waals surface area (Å²) in [4.78, 5) is 2.40. The zero-order valence-corrected chi connectivity index (χ0v) is 33.0. The standard InChI is InChI=1S/C54H34N2S2/c1-2-11-38(12-3-1)56-48-17-7-4-13-43(48)44-32-30-41(34-49(44)56)55(39-26-21-35(22-27-39)37-25-31-46-45-14-5-8-18-50(45)58-53(46)33-37)40-28-23-36(24-29-40)42-16-10-20-52-54(42)47-15-6-9-19-51(47)57-52/h1-34H. The van der Waals surface area contributed by atoms with E-state index in [2.05, 4.69) is 216 Å². The molecule has 12 aromatic rings. The van der Waals surface area contributed by atoms with Gasteiger partial charge < -0.3 is 9.47 Å². The highest BCUT2D eigenvalue weighted by Crippen LogP contribution is 2.44. The van der Waals surface area contributed by atoms with Crippen LogP contribution in [0, 0.1) is 0 Å². The van der Waals surface area contributed by atoms with Crippen molar-refractivity contribution in [3.8, 4) is 27.9 Å². The van der Waals surface area contributed by atoms with Gasteiger partial charge in [0.15, 0.2) is 0 Å². The molecule has 0 aliphatic heterocycles. The second kappa shape index (κ2) is 13.3. The smallest absolute Gasteiger partial charge is 0.0561 e. The SMILES string of the molecule is c1ccc(-n2c3ccccc3c3ccc(N(c4ccc(-c5ccc6c(c5)sc5ccccc56)cc4)c4ccc(-c5cccc6sc7ccccc7c56)cc4)cc32)cc1. The molecule has 0 bridgehead atoms. The maximum absolute atomic E-state index is 2.40. The highest BCUT2D eigenvalue weighted by Gasteiger charge is 2.19. The van der Waals surface area contributed by atoms with Gasteiger partial charge in [-0.15, -0.1) is 22.7 Å². The molecule has 0 radical (unpaired) electrons. The van der Waals surface area contributed by atoms with Gasteiger partial charge in [0.1, 0.15) is 0 Å². The summed E-state index contributed by atoms with van der Waals surface area (Å²) in [5.41, 5.74) is 11.7. The van der Waals surface area contributed by atoms with Gasteiger partial charge in [0.25, 0.3) is 0 Å². The first-order valence-corrected chi connectivity index (χ1v) is 21.3. The lowest BCUT2D eigenvalue weighted by molar-refractivity contribution is 1.18. The molecule has 2 nitrogen and oxygen atoms in total. The molecule has 0 saturated carbocycles. The summed E-state index contributed by atoms with van der Waals surface area (Å²) < 4.78 is 7.68. The van der Waals surface area contributed by atoms with E-state index < -0.39 is 0 Å². The number of hydrogen-bond donors (Lipinski definition) is 0. The molecule has 0 aliphatic rings. The third-order valence-electron chi connectivity index (χ3n) is 11.6. The van der Waals surface area contributed by atoms with Crippen LogP contribution in [0.1, 0.15) is 0 Å². The van der Waals surface area contributed by atoms with Crippen molar-refractivity contribution in [2.24, 2.45) is 0 Å². The van der Waals surface area contributed by atoms with Crippen LogP contribution in [-0.4, -0.2) is 4.57 Å². The lowest BCUT2D eigenvalue weighted by Crippen LogP contribution is -2.10. The molecular formula is C54H34N2S2. The topological polar surface area (TPSA) is 8.17 Å². The van der Waals surface area contributed by atoms with Gasteiger partial charge in [-0.05, 0) is 101 Å². The van der Waals surface area contributed by atoms with Crippen LogP contribution >= 0.6 is 22.7 Å². The zero-order valence-electron chi connectivity index (χ0n) is 31.3. The number of fused-ring (bicyclic) bond motifs is 9. The zero-order chi connectivity index (χ0) is 38.2. The van der Waals surface area contributed by atoms with Crippen LogP contribution in [0.4, 0.5) is 17.1 Å². The number of para-hydroxylation sites is 2. The van der Waals surface area contributed by atoms with Gasteiger partial charge in [0.05, 0.1) is 11.0 Å². The number of anilines is 3. The Morgan fingerprint density at radius 1 is 0.328 bits per heavy atom. The first kappa shape index (κ1) is 33.2. The maximum Gasteiger partial charge on any atom is 0.0561 e. The largest absolute Gasteiger partial charge is 0.310 e. The van der Waals surface area contributed by atoms with Crippen LogP contribution in [0.5, 0.6) is 0 Å². The Morgan fingerprint density at radius 2 is 0.879 bits per heavy atom. The van der Waals surface area contributed by atoms with E-state index in [0.717, 1.165) is 22.7 Å². The fraction of sp³-hybridized carbons (Fsp3) is 0. The van der Waals surface area contributed by atoms with Gasteiger partial charge in [-0.3, -0.25) is 0 Å². The van der Waals surface area contributed by atoms with E-state index in [0.29, 0.717) is 0 Å². The molecule has 3 aromatic heterocycles. The van der Waals surface area contributed by atoms with Crippen molar-refractivity contribution in [2.75, 3.05) is 4.90 Å². The molecule has 0 unspecified atom stereocenters. The van der Waals surface area contributed by atoms with Crippen LogP contribution < -0.4 is 4.90 Å². The van der Waals surface area contributed by atoms with Gasteiger partial charge in [0, 0.05) is 73.9 Å². The lowest BCUT2D eigenvalue weighted by atomic mass is 9.99. The molecule has 0 atom stereocenters. The van der Waals surface area contributed by atoms with Gasteiger partial charge in [0.2, 0.25) is 0 Å². The van der Waals surface area contributed by atoms with E-state index in [4.69, 9.17) is 0 Å². The normalized spacial score (nSPS) is 11.8. The lowest BCUT2D eigenvalue weighted by Gasteiger charge is -2.26. The van der Waals surface area contributed by atoms with Crippen LogP contribution in [0.3, 0.4) is 0 Å². The minimum absolute atomic E-state index is 1.10. The average Bonchev–Trinajstić information content (AvgIpc) is 3.96. The minimum atomic E-state index is 1.10. The molecule has 272 valence electrons. The summed E-state index contributed by atoms with van der Waals surface area (Å²) >= 11 is 3.73. The predicted molar refractivity (Wildman–Crippen MR) is 252 cm³/mol. The Balaban J connectivity index is 1.01. The number of thiophene rings is 2. The van der Waals surface area contributed by atoms with Crippen molar-refractivity contribution in [2.45, 2.75) is 0 Å². The van der Waals surface area contributed by atoms with Crippen molar-refractivity contribution in [3.05, 3.63) is 206 Å². The van der Waals surface area contributed by atoms with Crippen molar-refractivity contribution >= 4 is 102 Å². The Labute approximate surface area is 343 Å². The van der Waals surface area contributed by atoms with Crippen molar-refractivity contribution < 1.29 is 0 Å². The second-order valence-electron chi connectivity index (χ2n) is 14.9. The molecular weight excluding hydrogens is 741 g/mol. The van der Waals surface area contributed by atoms with E-state index in [1.807, 2.05) is 22.7 Å². The summed E-state index contributed by atoms with van der Waals surface area (Å²) in [5, 5.41) is 7.78. The van der Waals surface area contributed by atoms with Gasteiger partial charge in [-0.2, -0.15) is 0 Å². The first-order valence-electron chi connectivity index (χ1n) is 19.7. The molecule has 0 aliphatic carbocycles. The minimum Gasteiger partial charge on any atom is -0.310 e. The predicted octanol–water partition coefficient (Wildman–Crippen LogP) is 16.3. The molecule has 0 N–H and O–H groups in total. The quantitative estimate of drug-likeness (QED) is 0.163. The number of benzene rings is 9. The summed E-state index contributed by atoms with van der Waals surface area (Å²) in [6, 6.07) is 75.7. The van der Waals surface area contributed by atoms with Crippen LogP contribution in [-0.2, 0) is 0 Å². The Morgan fingerprint density at radius 3 is 1.67 bits per heavy atom. The number of rotatable bonds is 6. The van der Waals surface area contributed by atoms with E-state index >= 15 is 0 Å². The first-order chi connectivity index (χ1) is 28.7. The molecule has 12 rings (SSSR count). The third kappa shape index (κ3) is 5.30. The number of aromatic nitrogens is 1. The molecule has 0 fully saturated rings. The van der Waals surface area contributed by atoms with E-state index in [9.17, 15) is 0 Å². The molecule has 0 spiro atoms. The summed E-state index contributed by atoms with van der Waals surface area (Å²) in [5.74, 6) is 0. The number of nitrogens with zero attached hydrogens (tertiary/aromatic N) is 2. The maximum atomic E-state index is 2.40.